The maximum absolute atomic E-state index is 9.39. The summed E-state index contributed by atoms with van der Waals surface area (Å²) >= 11 is 0. The molecule has 0 fully saturated rings. The monoisotopic (exact) mass is 224 g/mol. The summed E-state index contributed by atoms with van der Waals surface area (Å²) in [4.78, 5) is 0. The standard InChI is InChI=1S/C13H20O3/c1-12(2,3)11(13(14,15)16)9-10-7-5-4-6-8-10/h4-8,11,14-16H,9H2,1-3H3. The number of benzene rings is 1. The zero-order valence-corrected chi connectivity index (χ0v) is 10.0. The molecule has 3 nitrogen and oxygen atoms in total. The smallest absolute Gasteiger partial charge is 0.279 e. The SMILES string of the molecule is CC(C)(C)C(Cc1ccccc1)C(O)(O)O. The first-order chi connectivity index (χ1) is 7.21. The predicted molar refractivity (Wildman–Crippen MR) is 62.5 cm³/mol. The van der Waals surface area contributed by atoms with Crippen molar-refractivity contribution < 1.29 is 15.3 Å². The quantitative estimate of drug-likeness (QED) is 0.682. The Kier molecular flexibility index (Phi) is 3.73. The van der Waals surface area contributed by atoms with Crippen molar-refractivity contribution in [3.8, 4) is 0 Å². The Morgan fingerprint density at radius 3 is 1.88 bits per heavy atom. The van der Waals surface area contributed by atoms with E-state index in [1.165, 1.54) is 0 Å². The van der Waals surface area contributed by atoms with Gasteiger partial charge in [-0.3, -0.25) is 0 Å². The van der Waals surface area contributed by atoms with Crippen LogP contribution in [0.4, 0.5) is 0 Å². The second-order valence-corrected chi connectivity index (χ2v) is 5.30. The van der Waals surface area contributed by atoms with E-state index in [1.807, 2.05) is 51.1 Å². The van der Waals surface area contributed by atoms with E-state index in [0.29, 0.717) is 6.42 Å². The highest BCUT2D eigenvalue weighted by Crippen LogP contribution is 2.34. The number of hydrogen-bond donors (Lipinski definition) is 3. The van der Waals surface area contributed by atoms with Crippen LogP contribution in [0, 0.1) is 11.3 Å². The van der Waals surface area contributed by atoms with E-state index in [0.717, 1.165) is 5.56 Å². The first-order valence-electron chi connectivity index (χ1n) is 5.42. The minimum absolute atomic E-state index is 0.395. The third-order valence-corrected chi connectivity index (χ3v) is 2.80. The van der Waals surface area contributed by atoms with E-state index < -0.39 is 17.3 Å². The Morgan fingerprint density at radius 1 is 1.00 bits per heavy atom. The fraction of sp³-hybridized carbons (Fsp3) is 0.538. The Bertz CT molecular complexity index is 305. The molecule has 1 rings (SSSR count). The Hall–Kier alpha value is -0.900. The highest BCUT2D eigenvalue weighted by molar-refractivity contribution is 5.16. The van der Waals surface area contributed by atoms with Gasteiger partial charge in [0, 0.05) is 5.92 Å². The van der Waals surface area contributed by atoms with Crippen LogP contribution < -0.4 is 0 Å². The molecule has 1 aromatic rings. The van der Waals surface area contributed by atoms with Gasteiger partial charge in [0.1, 0.15) is 0 Å². The molecule has 3 N–H and O–H groups in total. The maximum atomic E-state index is 9.39. The van der Waals surface area contributed by atoms with Gasteiger partial charge in [-0.05, 0) is 17.4 Å². The minimum atomic E-state index is -2.64. The molecule has 0 heterocycles. The average Bonchev–Trinajstić information content (AvgIpc) is 2.12. The fourth-order valence-electron chi connectivity index (χ4n) is 1.87. The van der Waals surface area contributed by atoms with Crippen molar-refractivity contribution in [1.29, 1.82) is 0 Å². The molecule has 1 aromatic carbocycles. The highest BCUT2D eigenvalue weighted by Gasteiger charge is 2.40. The van der Waals surface area contributed by atoms with Gasteiger partial charge in [0.15, 0.2) is 0 Å². The minimum Gasteiger partial charge on any atom is -0.343 e. The van der Waals surface area contributed by atoms with Crippen molar-refractivity contribution >= 4 is 0 Å². The van der Waals surface area contributed by atoms with Gasteiger partial charge < -0.3 is 15.3 Å². The molecule has 0 amide bonds. The van der Waals surface area contributed by atoms with Crippen molar-refractivity contribution in [3.63, 3.8) is 0 Å². The van der Waals surface area contributed by atoms with E-state index in [-0.39, 0.29) is 0 Å². The topological polar surface area (TPSA) is 60.7 Å². The first kappa shape index (κ1) is 13.2. The summed E-state index contributed by atoms with van der Waals surface area (Å²) in [7, 11) is 0. The van der Waals surface area contributed by atoms with Crippen LogP contribution in [0.2, 0.25) is 0 Å². The lowest BCUT2D eigenvalue weighted by molar-refractivity contribution is -0.355. The van der Waals surface area contributed by atoms with E-state index >= 15 is 0 Å². The van der Waals surface area contributed by atoms with Crippen LogP contribution in [0.25, 0.3) is 0 Å². The number of aliphatic hydroxyl groups is 3. The largest absolute Gasteiger partial charge is 0.343 e. The first-order valence-corrected chi connectivity index (χ1v) is 5.42. The summed E-state index contributed by atoms with van der Waals surface area (Å²) in [6.07, 6.45) is 0.424. The van der Waals surface area contributed by atoms with Crippen LogP contribution in [-0.2, 0) is 6.42 Å². The average molecular weight is 224 g/mol. The van der Waals surface area contributed by atoms with Gasteiger partial charge in [-0.15, -0.1) is 0 Å². The van der Waals surface area contributed by atoms with Crippen molar-refractivity contribution in [2.45, 2.75) is 33.2 Å². The van der Waals surface area contributed by atoms with E-state index in [4.69, 9.17) is 0 Å². The van der Waals surface area contributed by atoms with E-state index in [1.54, 1.807) is 0 Å². The fourth-order valence-corrected chi connectivity index (χ4v) is 1.87. The van der Waals surface area contributed by atoms with Gasteiger partial charge in [-0.2, -0.15) is 0 Å². The molecule has 0 saturated carbocycles. The molecule has 0 bridgehead atoms. The van der Waals surface area contributed by atoms with Crippen LogP contribution in [0.15, 0.2) is 30.3 Å². The van der Waals surface area contributed by atoms with Crippen molar-refractivity contribution in [3.05, 3.63) is 35.9 Å². The molecule has 3 heteroatoms. The number of rotatable bonds is 3. The number of hydrogen-bond acceptors (Lipinski definition) is 3. The van der Waals surface area contributed by atoms with Crippen LogP contribution >= 0.6 is 0 Å². The maximum Gasteiger partial charge on any atom is 0.279 e. The molecule has 0 aliphatic rings. The Labute approximate surface area is 96.4 Å². The summed E-state index contributed by atoms with van der Waals surface area (Å²) in [6.45, 7) is 5.62. The summed E-state index contributed by atoms with van der Waals surface area (Å²) in [6, 6.07) is 9.50. The zero-order valence-electron chi connectivity index (χ0n) is 10.0. The van der Waals surface area contributed by atoms with Gasteiger partial charge in [-0.1, -0.05) is 51.1 Å². The van der Waals surface area contributed by atoms with Crippen molar-refractivity contribution in [2.75, 3.05) is 0 Å². The van der Waals surface area contributed by atoms with Crippen molar-refractivity contribution in [1.82, 2.24) is 0 Å². The Balaban J connectivity index is 2.89. The molecule has 0 aliphatic heterocycles. The van der Waals surface area contributed by atoms with Crippen molar-refractivity contribution in [2.24, 2.45) is 11.3 Å². The van der Waals surface area contributed by atoms with Crippen LogP contribution in [0.5, 0.6) is 0 Å². The van der Waals surface area contributed by atoms with Crippen LogP contribution in [0.1, 0.15) is 26.3 Å². The normalized spacial score (nSPS) is 14.9. The second-order valence-electron chi connectivity index (χ2n) is 5.30. The van der Waals surface area contributed by atoms with Gasteiger partial charge >= 0.3 is 0 Å². The molecule has 16 heavy (non-hydrogen) atoms. The zero-order chi connectivity index (χ0) is 12.4. The summed E-state index contributed by atoms with van der Waals surface area (Å²) in [5, 5.41) is 28.2. The van der Waals surface area contributed by atoms with E-state index in [2.05, 4.69) is 0 Å². The van der Waals surface area contributed by atoms with Crippen LogP contribution in [0.3, 0.4) is 0 Å². The van der Waals surface area contributed by atoms with Gasteiger partial charge in [0.25, 0.3) is 5.97 Å². The highest BCUT2D eigenvalue weighted by atomic mass is 16.7. The second kappa shape index (κ2) is 4.53. The molecule has 1 atom stereocenters. The predicted octanol–water partition coefficient (Wildman–Crippen LogP) is 1.52. The summed E-state index contributed by atoms with van der Waals surface area (Å²) in [5.74, 6) is -3.28. The molecule has 1 unspecified atom stereocenters. The lowest BCUT2D eigenvalue weighted by Gasteiger charge is -2.36. The molecule has 0 radical (unpaired) electrons. The van der Waals surface area contributed by atoms with Crippen LogP contribution in [-0.4, -0.2) is 21.3 Å². The molecular formula is C13H20O3. The molecule has 0 spiro atoms. The van der Waals surface area contributed by atoms with Gasteiger partial charge in [-0.25, -0.2) is 0 Å². The molecular weight excluding hydrogens is 204 g/mol. The Morgan fingerprint density at radius 2 is 1.50 bits per heavy atom. The third kappa shape index (κ3) is 3.59. The summed E-state index contributed by atoms with van der Waals surface area (Å²) < 4.78 is 0. The molecule has 90 valence electrons. The lowest BCUT2D eigenvalue weighted by atomic mass is 9.75. The van der Waals surface area contributed by atoms with Gasteiger partial charge in [0.05, 0.1) is 0 Å². The van der Waals surface area contributed by atoms with Gasteiger partial charge in [0.2, 0.25) is 0 Å². The third-order valence-electron chi connectivity index (χ3n) is 2.80. The lowest BCUT2D eigenvalue weighted by Crippen LogP contribution is -2.45. The summed E-state index contributed by atoms with van der Waals surface area (Å²) in [5.41, 5.74) is 0.581. The molecule has 0 aromatic heterocycles. The molecule has 0 saturated heterocycles. The molecule has 0 aliphatic carbocycles. The van der Waals surface area contributed by atoms with E-state index in [9.17, 15) is 15.3 Å².